The number of para-hydroxylation sites is 1. The second kappa shape index (κ2) is 6.58. The Hall–Kier alpha value is -3.08. The summed E-state index contributed by atoms with van der Waals surface area (Å²) in [5.74, 6) is -0.0684. The molecule has 3 aromatic rings. The summed E-state index contributed by atoms with van der Waals surface area (Å²) in [4.78, 5) is 14.3. The van der Waals surface area contributed by atoms with E-state index in [1.165, 1.54) is 0 Å². The van der Waals surface area contributed by atoms with E-state index in [4.69, 9.17) is 4.42 Å². The van der Waals surface area contributed by atoms with Crippen molar-refractivity contribution in [2.45, 2.75) is 6.92 Å². The van der Waals surface area contributed by atoms with Crippen LogP contribution in [0.1, 0.15) is 21.7 Å². The number of furan rings is 1. The van der Waals surface area contributed by atoms with Crippen molar-refractivity contribution in [2.75, 3.05) is 19.0 Å². The first kappa shape index (κ1) is 15.8. The molecule has 1 heterocycles. The number of nitrogens with one attached hydrogen (secondary N) is 1. The molecule has 1 amide bonds. The van der Waals surface area contributed by atoms with Crippen LogP contribution >= 0.6 is 0 Å². The molecule has 0 saturated carbocycles. The summed E-state index contributed by atoms with van der Waals surface area (Å²) in [6, 6.07) is 15.4. The maximum Gasteiger partial charge on any atom is 0.307 e. The number of hydrogen-bond acceptors (Lipinski definition) is 4. The molecule has 5 heteroatoms. The third-order valence-corrected chi connectivity index (χ3v) is 3.84. The number of fused-ring (bicyclic) bond motifs is 1. The van der Waals surface area contributed by atoms with Gasteiger partial charge in [0.05, 0.1) is 6.21 Å². The molecule has 0 bridgehead atoms. The Bertz CT molecular complexity index is 893. The van der Waals surface area contributed by atoms with Gasteiger partial charge in [0.25, 0.3) is 0 Å². The van der Waals surface area contributed by atoms with Gasteiger partial charge in [0, 0.05) is 30.7 Å². The van der Waals surface area contributed by atoms with Gasteiger partial charge in [-0.05, 0) is 30.7 Å². The minimum absolute atomic E-state index is 0.288. The fourth-order valence-electron chi connectivity index (χ4n) is 2.47. The molecule has 0 saturated heterocycles. The van der Waals surface area contributed by atoms with Gasteiger partial charge in [0.1, 0.15) is 5.58 Å². The minimum atomic E-state index is -0.357. The summed E-state index contributed by atoms with van der Waals surface area (Å²) >= 11 is 0. The Kier molecular flexibility index (Phi) is 4.33. The molecule has 1 aromatic heterocycles. The molecule has 5 nitrogen and oxygen atoms in total. The quantitative estimate of drug-likeness (QED) is 0.590. The largest absolute Gasteiger partial charge is 0.451 e. The van der Waals surface area contributed by atoms with Crippen LogP contribution in [0.5, 0.6) is 0 Å². The van der Waals surface area contributed by atoms with E-state index in [0.717, 1.165) is 22.2 Å². The lowest BCUT2D eigenvalue weighted by molar-refractivity contribution is 0.0929. The summed E-state index contributed by atoms with van der Waals surface area (Å²) in [6.07, 6.45) is 1.61. The fourth-order valence-corrected chi connectivity index (χ4v) is 2.47. The lowest BCUT2D eigenvalue weighted by Crippen LogP contribution is -2.17. The van der Waals surface area contributed by atoms with Crippen molar-refractivity contribution in [3.63, 3.8) is 0 Å². The zero-order valence-electron chi connectivity index (χ0n) is 13.9. The Morgan fingerprint density at radius 2 is 1.83 bits per heavy atom. The van der Waals surface area contributed by atoms with Gasteiger partial charge in [-0.3, -0.25) is 4.79 Å². The molecule has 0 aliphatic rings. The molecule has 0 aliphatic carbocycles. The van der Waals surface area contributed by atoms with Crippen molar-refractivity contribution in [1.82, 2.24) is 5.43 Å². The van der Waals surface area contributed by atoms with Gasteiger partial charge in [-0.1, -0.05) is 30.3 Å². The number of amides is 1. The van der Waals surface area contributed by atoms with Gasteiger partial charge < -0.3 is 9.32 Å². The monoisotopic (exact) mass is 321 g/mol. The summed E-state index contributed by atoms with van der Waals surface area (Å²) < 4.78 is 5.61. The highest BCUT2D eigenvalue weighted by atomic mass is 16.3. The number of rotatable bonds is 4. The van der Waals surface area contributed by atoms with Crippen molar-refractivity contribution in [3.05, 3.63) is 65.4 Å². The van der Waals surface area contributed by atoms with Gasteiger partial charge in [0.2, 0.25) is 0 Å². The van der Waals surface area contributed by atoms with E-state index in [1.807, 2.05) is 74.4 Å². The number of hydrazone groups is 1. The van der Waals surface area contributed by atoms with Crippen molar-refractivity contribution in [3.8, 4) is 0 Å². The first-order valence-corrected chi connectivity index (χ1v) is 7.65. The topological polar surface area (TPSA) is 57.8 Å². The van der Waals surface area contributed by atoms with Gasteiger partial charge in [-0.15, -0.1) is 0 Å². The van der Waals surface area contributed by atoms with E-state index in [9.17, 15) is 4.79 Å². The van der Waals surface area contributed by atoms with E-state index in [2.05, 4.69) is 10.5 Å². The summed E-state index contributed by atoms with van der Waals surface area (Å²) in [5, 5.41) is 4.94. The molecular weight excluding hydrogens is 302 g/mol. The smallest absolute Gasteiger partial charge is 0.307 e. The molecule has 122 valence electrons. The van der Waals surface area contributed by atoms with Gasteiger partial charge in [-0.2, -0.15) is 5.10 Å². The Morgan fingerprint density at radius 3 is 2.50 bits per heavy atom. The van der Waals surface area contributed by atoms with E-state index in [0.29, 0.717) is 5.58 Å². The van der Waals surface area contributed by atoms with Gasteiger partial charge >= 0.3 is 5.91 Å². The number of carbonyl (C=O) groups excluding carboxylic acids is 1. The van der Waals surface area contributed by atoms with E-state index < -0.39 is 0 Å². The zero-order valence-corrected chi connectivity index (χ0v) is 13.9. The second-order valence-corrected chi connectivity index (χ2v) is 5.74. The van der Waals surface area contributed by atoms with E-state index in [1.54, 1.807) is 6.21 Å². The van der Waals surface area contributed by atoms with Crippen LogP contribution in [0.15, 0.2) is 58.0 Å². The van der Waals surface area contributed by atoms with Crippen LogP contribution in [0.25, 0.3) is 11.0 Å². The normalized spacial score (nSPS) is 11.1. The predicted molar refractivity (Wildman–Crippen MR) is 96.8 cm³/mol. The average molecular weight is 321 g/mol. The summed E-state index contributed by atoms with van der Waals surface area (Å²) in [6.45, 7) is 1.87. The summed E-state index contributed by atoms with van der Waals surface area (Å²) in [7, 11) is 3.97. The van der Waals surface area contributed by atoms with Crippen LogP contribution in [-0.2, 0) is 0 Å². The maximum absolute atomic E-state index is 12.2. The van der Waals surface area contributed by atoms with E-state index in [-0.39, 0.29) is 11.7 Å². The Labute approximate surface area is 140 Å². The zero-order chi connectivity index (χ0) is 17.1. The lowest BCUT2D eigenvalue weighted by atomic mass is 10.1. The molecule has 0 spiro atoms. The third kappa shape index (κ3) is 3.15. The Morgan fingerprint density at radius 1 is 1.12 bits per heavy atom. The molecule has 0 radical (unpaired) electrons. The van der Waals surface area contributed by atoms with Gasteiger partial charge in [-0.25, -0.2) is 5.43 Å². The second-order valence-electron chi connectivity index (χ2n) is 5.74. The van der Waals surface area contributed by atoms with Crippen LogP contribution in [0.3, 0.4) is 0 Å². The lowest BCUT2D eigenvalue weighted by Gasteiger charge is -2.11. The molecule has 0 unspecified atom stereocenters. The molecular formula is C19H19N3O2. The molecule has 24 heavy (non-hydrogen) atoms. The number of anilines is 1. The highest BCUT2D eigenvalue weighted by Gasteiger charge is 2.16. The van der Waals surface area contributed by atoms with Crippen LogP contribution in [-0.4, -0.2) is 26.2 Å². The number of hydrogen-bond donors (Lipinski definition) is 1. The van der Waals surface area contributed by atoms with Crippen molar-refractivity contribution < 1.29 is 9.21 Å². The third-order valence-electron chi connectivity index (χ3n) is 3.84. The summed E-state index contributed by atoms with van der Waals surface area (Å²) in [5.41, 5.74) is 6.03. The number of nitrogens with zero attached hydrogens (tertiary/aromatic N) is 2. The van der Waals surface area contributed by atoms with Crippen molar-refractivity contribution in [1.29, 1.82) is 0 Å². The fraction of sp³-hybridized carbons (Fsp3) is 0.158. The Balaban J connectivity index is 1.71. The van der Waals surface area contributed by atoms with Gasteiger partial charge in [0.15, 0.2) is 5.76 Å². The standard InChI is InChI=1S/C19H19N3O2/c1-13-16-6-4-5-7-17(16)24-18(13)19(23)21-20-12-14-8-10-15(11-9-14)22(2)3/h4-12H,1-3H3,(H,21,23)/b20-12-. The van der Waals surface area contributed by atoms with Crippen LogP contribution in [0.2, 0.25) is 0 Å². The predicted octanol–water partition coefficient (Wildman–Crippen LogP) is 3.57. The molecule has 0 aliphatic heterocycles. The number of benzene rings is 2. The highest BCUT2D eigenvalue weighted by molar-refractivity contribution is 5.99. The van der Waals surface area contributed by atoms with Crippen LogP contribution in [0, 0.1) is 6.92 Å². The van der Waals surface area contributed by atoms with Crippen LogP contribution < -0.4 is 10.3 Å². The van der Waals surface area contributed by atoms with Crippen molar-refractivity contribution in [2.24, 2.45) is 5.10 Å². The first-order valence-electron chi connectivity index (χ1n) is 7.65. The average Bonchev–Trinajstić information content (AvgIpc) is 2.93. The highest BCUT2D eigenvalue weighted by Crippen LogP contribution is 2.24. The first-order chi connectivity index (χ1) is 11.6. The number of carbonyl (C=O) groups is 1. The minimum Gasteiger partial charge on any atom is -0.451 e. The molecule has 0 atom stereocenters. The maximum atomic E-state index is 12.2. The van der Waals surface area contributed by atoms with E-state index >= 15 is 0 Å². The SMILES string of the molecule is Cc1c(C(=O)N/N=C\c2ccc(N(C)C)cc2)oc2ccccc12. The molecule has 0 fully saturated rings. The molecule has 3 rings (SSSR count). The molecule has 2 aromatic carbocycles. The molecule has 1 N–H and O–H groups in total. The van der Waals surface area contributed by atoms with Crippen molar-refractivity contribution >= 4 is 28.8 Å². The van der Waals surface area contributed by atoms with Crippen LogP contribution in [0.4, 0.5) is 5.69 Å². The number of aryl methyl sites for hydroxylation is 1.